The van der Waals surface area contributed by atoms with E-state index in [1.54, 1.807) is 36.0 Å². The Morgan fingerprint density at radius 3 is 2.89 bits per heavy atom. The number of halogens is 2. The second-order valence-electron chi connectivity index (χ2n) is 3.96. The van der Waals surface area contributed by atoms with Crippen molar-refractivity contribution in [2.75, 3.05) is 0 Å². The van der Waals surface area contributed by atoms with Crippen LogP contribution < -0.4 is 0 Å². The first kappa shape index (κ1) is 12.3. The molecule has 3 aromatic rings. The lowest BCUT2D eigenvalue weighted by atomic mass is 9.99. The molecule has 1 aromatic carbocycles. The predicted molar refractivity (Wildman–Crippen MR) is 75.2 cm³/mol. The van der Waals surface area contributed by atoms with Crippen molar-refractivity contribution in [3.63, 3.8) is 0 Å². The molecule has 2 nitrogen and oxygen atoms in total. The van der Waals surface area contributed by atoms with Crippen molar-refractivity contribution in [1.82, 2.24) is 4.98 Å². The Morgan fingerprint density at radius 2 is 2.11 bits per heavy atom. The second kappa shape index (κ2) is 4.72. The molecule has 0 unspecified atom stereocenters. The van der Waals surface area contributed by atoms with Gasteiger partial charge in [-0.2, -0.15) is 0 Å². The summed E-state index contributed by atoms with van der Waals surface area (Å²) in [6.45, 7) is 0. The Labute approximate surface area is 117 Å². The van der Waals surface area contributed by atoms with Crippen molar-refractivity contribution < 1.29 is 9.18 Å². The van der Waals surface area contributed by atoms with Gasteiger partial charge in [0.25, 0.3) is 5.24 Å². The van der Waals surface area contributed by atoms with Gasteiger partial charge >= 0.3 is 0 Å². The van der Waals surface area contributed by atoms with Gasteiger partial charge in [0.1, 0.15) is 5.82 Å². The van der Waals surface area contributed by atoms with Gasteiger partial charge in [0.05, 0.1) is 4.88 Å². The Hall–Kier alpha value is -1.78. The first-order valence-corrected chi connectivity index (χ1v) is 6.74. The van der Waals surface area contributed by atoms with Gasteiger partial charge in [0.15, 0.2) is 0 Å². The molecule has 0 saturated heterocycles. The number of fused-ring (bicyclic) bond motifs is 1. The number of pyridine rings is 1. The first-order chi connectivity index (χ1) is 9.18. The summed E-state index contributed by atoms with van der Waals surface area (Å²) in [5.41, 5.74) is 0.921. The van der Waals surface area contributed by atoms with Crippen LogP contribution in [0.25, 0.3) is 21.9 Å². The van der Waals surface area contributed by atoms with Crippen molar-refractivity contribution in [3.8, 4) is 11.1 Å². The minimum atomic E-state index is -0.574. The highest BCUT2D eigenvalue weighted by molar-refractivity contribution is 7.14. The molecule has 0 atom stereocenters. The largest absolute Gasteiger partial charge is 0.275 e. The molecule has 0 aliphatic heterocycles. The number of rotatable bonds is 2. The van der Waals surface area contributed by atoms with E-state index in [0.29, 0.717) is 21.4 Å². The lowest BCUT2D eigenvalue weighted by Crippen LogP contribution is -1.92. The summed E-state index contributed by atoms with van der Waals surface area (Å²) in [6, 6.07) is 6.47. The van der Waals surface area contributed by atoms with Gasteiger partial charge in [-0.25, -0.2) is 4.39 Å². The van der Waals surface area contributed by atoms with Gasteiger partial charge in [-0.05, 0) is 46.6 Å². The summed E-state index contributed by atoms with van der Waals surface area (Å²) < 4.78 is 14.2. The maximum absolute atomic E-state index is 14.2. The second-order valence-corrected chi connectivity index (χ2v) is 5.22. The van der Waals surface area contributed by atoms with Crippen LogP contribution in [0.2, 0.25) is 0 Å². The standard InChI is InChI=1S/C14H7ClFNOS/c15-14(18)13-10(4-6-19-13)12-9-3-5-17-7-8(9)1-2-11(12)16/h1-7H. The van der Waals surface area contributed by atoms with Crippen molar-refractivity contribution in [2.45, 2.75) is 0 Å². The Kier molecular flexibility index (Phi) is 3.05. The molecule has 3 rings (SSSR count). The third kappa shape index (κ3) is 2.03. The number of aromatic nitrogens is 1. The minimum Gasteiger partial charge on any atom is -0.275 e. The highest BCUT2D eigenvalue weighted by atomic mass is 35.5. The van der Waals surface area contributed by atoms with Gasteiger partial charge in [-0.1, -0.05) is 0 Å². The molecule has 94 valence electrons. The Balaban J connectivity index is 2.39. The van der Waals surface area contributed by atoms with Gasteiger partial charge in [0.2, 0.25) is 0 Å². The molecular weight excluding hydrogens is 285 g/mol. The van der Waals surface area contributed by atoms with Crippen LogP contribution in [-0.2, 0) is 0 Å². The maximum atomic E-state index is 14.2. The molecule has 0 aliphatic carbocycles. The highest BCUT2D eigenvalue weighted by Crippen LogP contribution is 2.36. The van der Waals surface area contributed by atoms with E-state index in [1.807, 2.05) is 0 Å². The van der Waals surface area contributed by atoms with Gasteiger partial charge < -0.3 is 0 Å². The molecule has 0 N–H and O–H groups in total. The van der Waals surface area contributed by atoms with E-state index in [0.717, 1.165) is 5.39 Å². The average Bonchev–Trinajstić information content (AvgIpc) is 2.87. The first-order valence-electron chi connectivity index (χ1n) is 5.48. The number of carbonyl (C=O) groups excluding carboxylic acids is 1. The topological polar surface area (TPSA) is 30.0 Å². The molecule has 0 aliphatic rings. The fourth-order valence-electron chi connectivity index (χ4n) is 2.07. The Bertz CT molecular complexity index is 784. The molecule has 19 heavy (non-hydrogen) atoms. The minimum absolute atomic E-state index is 0.352. The van der Waals surface area contributed by atoms with E-state index in [-0.39, 0.29) is 5.82 Å². The van der Waals surface area contributed by atoms with Gasteiger partial charge in [-0.3, -0.25) is 9.78 Å². The number of benzene rings is 1. The number of nitrogens with zero attached hydrogens (tertiary/aromatic N) is 1. The number of thiophene rings is 1. The van der Waals surface area contributed by atoms with Crippen molar-refractivity contribution in [1.29, 1.82) is 0 Å². The highest BCUT2D eigenvalue weighted by Gasteiger charge is 2.17. The van der Waals surface area contributed by atoms with Crippen molar-refractivity contribution in [2.24, 2.45) is 0 Å². The van der Waals surface area contributed by atoms with E-state index in [2.05, 4.69) is 4.98 Å². The van der Waals surface area contributed by atoms with Gasteiger partial charge in [-0.15, -0.1) is 11.3 Å². The van der Waals surface area contributed by atoms with E-state index in [4.69, 9.17) is 11.6 Å². The summed E-state index contributed by atoms with van der Waals surface area (Å²) in [5, 5.41) is 2.69. The van der Waals surface area contributed by atoms with Crippen LogP contribution in [0.3, 0.4) is 0 Å². The number of hydrogen-bond acceptors (Lipinski definition) is 3. The van der Waals surface area contributed by atoms with E-state index < -0.39 is 5.24 Å². The zero-order chi connectivity index (χ0) is 13.4. The van der Waals surface area contributed by atoms with Crippen LogP contribution in [-0.4, -0.2) is 10.2 Å². The molecule has 0 amide bonds. The number of hydrogen-bond donors (Lipinski definition) is 0. The lowest BCUT2D eigenvalue weighted by Gasteiger charge is -2.07. The van der Waals surface area contributed by atoms with E-state index in [1.165, 1.54) is 17.4 Å². The molecule has 0 radical (unpaired) electrons. The molecule has 0 saturated carbocycles. The van der Waals surface area contributed by atoms with Crippen LogP contribution in [0.4, 0.5) is 4.39 Å². The summed E-state index contributed by atoms with van der Waals surface area (Å²) in [5.74, 6) is -0.378. The van der Waals surface area contributed by atoms with Crippen molar-refractivity contribution in [3.05, 3.63) is 52.7 Å². The summed E-state index contributed by atoms with van der Waals surface area (Å²) in [7, 11) is 0. The monoisotopic (exact) mass is 291 g/mol. The third-order valence-electron chi connectivity index (χ3n) is 2.88. The quantitative estimate of drug-likeness (QED) is 0.652. The molecule has 0 bridgehead atoms. The zero-order valence-corrected chi connectivity index (χ0v) is 11.1. The van der Waals surface area contributed by atoms with Crippen LogP contribution >= 0.6 is 22.9 Å². The molecule has 0 spiro atoms. The number of carbonyl (C=O) groups is 1. The zero-order valence-electron chi connectivity index (χ0n) is 9.56. The average molecular weight is 292 g/mol. The van der Waals surface area contributed by atoms with E-state index >= 15 is 0 Å². The molecule has 0 fully saturated rings. The summed E-state index contributed by atoms with van der Waals surface area (Å²) in [4.78, 5) is 15.8. The third-order valence-corrected chi connectivity index (χ3v) is 4.10. The fraction of sp³-hybridized carbons (Fsp3) is 0. The summed E-state index contributed by atoms with van der Waals surface area (Å²) >= 11 is 6.75. The van der Waals surface area contributed by atoms with Gasteiger partial charge in [0, 0.05) is 28.9 Å². The van der Waals surface area contributed by atoms with Crippen LogP contribution in [0.5, 0.6) is 0 Å². The summed E-state index contributed by atoms with van der Waals surface area (Å²) in [6.07, 6.45) is 3.26. The molecular formula is C14H7ClFNOS. The Morgan fingerprint density at radius 1 is 1.26 bits per heavy atom. The van der Waals surface area contributed by atoms with Crippen LogP contribution in [0.1, 0.15) is 9.67 Å². The molecule has 2 aromatic heterocycles. The van der Waals surface area contributed by atoms with Crippen molar-refractivity contribution >= 4 is 39.0 Å². The maximum Gasteiger partial charge on any atom is 0.263 e. The lowest BCUT2D eigenvalue weighted by molar-refractivity contribution is 0.108. The smallest absolute Gasteiger partial charge is 0.263 e. The SMILES string of the molecule is O=C(Cl)c1sccc1-c1c(F)ccc2cnccc12. The van der Waals surface area contributed by atoms with Crippen LogP contribution in [0, 0.1) is 5.82 Å². The fourth-order valence-corrected chi connectivity index (χ4v) is 3.04. The predicted octanol–water partition coefficient (Wildman–Crippen LogP) is 4.48. The molecule has 2 heterocycles. The van der Waals surface area contributed by atoms with Crippen LogP contribution in [0.15, 0.2) is 42.0 Å². The normalized spacial score (nSPS) is 10.8. The van der Waals surface area contributed by atoms with E-state index in [9.17, 15) is 9.18 Å². The molecule has 5 heteroatoms.